The van der Waals surface area contributed by atoms with Crippen LogP contribution in [0.15, 0.2) is 0 Å². The van der Waals surface area contributed by atoms with E-state index in [1.165, 1.54) is 18.9 Å². The number of carboxylic acid groups (broad SMARTS) is 1. The van der Waals surface area contributed by atoms with Crippen molar-refractivity contribution in [3.63, 3.8) is 0 Å². The summed E-state index contributed by atoms with van der Waals surface area (Å²) in [4.78, 5) is 34.2. The number of hydrogen-bond donors (Lipinski definition) is 2. The van der Waals surface area contributed by atoms with E-state index in [1.54, 1.807) is 6.92 Å². The van der Waals surface area contributed by atoms with Crippen molar-refractivity contribution in [1.82, 2.24) is 10.2 Å². The summed E-state index contributed by atoms with van der Waals surface area (Å²) in [6, 6.07) is -1.50. The van der Waals surface area contributed by atoms with Crippen LogP contribution in [0.5, 0.6) is 0 Å². The Bertz CT molecular complexity index is 292. The molecule has 0 saturated carbocycles. The number of hydrogen-bond acceptors (Lipinski definition) is 4. The number of carboxylic acids is 1. The molecule has 0 radical (unpaired) electrons. The van der Waals surface area contributed by atoms with Crippen molar-refractivity contribution < 1.29 is 24.2 Å². The van der Waals surface area contributed by atoms with E-state index in [1.807, 2.05) is 0 Å². The van der Waals surface area contributed by atoms with Crippen LogP contribution in [-0.4, -0.2) is 54.2 Å². The molecule has 0 spiro atoms. The molecule has 0 heterocycles. The number of aliphatic carboxylic acids is 1. The highest BCUT2D eigenvalue weighted by Crippen LogP contribution is 1.93. The predicted molar refractivity (Wildman–Crippen MR) is 59.5 cm³/mol. The van der Waals surface area contributed by atoms with Crippen LogP contribution < -0.4 is 5.32 Å². The van der Waals surface area contributed by atoms with Gasteiger partial charge in [0.1, 0.15) is 6.04 Å². The number of amides is 2. The van der Waals surface area contributed by atoms with Gasteiger partial charge >= 0.3 is 18.0 Å². The third-order valence-corrected chi connectivity index (χ3v) is 2.01. The number of rotatable bonds is 6. The van der Waals surface area contributed by atoms with Crippen molar-refractivity contribution in [2.45, 2.75) is 26.3 Å². The van der Waals surface area contributed by atoms with Gasteiger partial charge in [0.25, 0.3) is 0 Å². The molecule has 1 atom stereocenters. The van der Waals surface area contributed by atoms with E-state index >= 15 is 0 Å². The van der Waals surface area contributed by atoms with Gasteiger partial charge in [-0.25, -0.2) is 4.79 Å². The second-order valence-corrected chi connectivity index (χ2v) is 3.49. The highest BCUT2D eigenvalue weighted by molar-refractivity contribution is 5.82. The summed E-state index contributed by atoms with van der Waals surface area (Å²) in [5.74, 6) is -1.50. The lowest BCUT2D eigenvalue weighted by Gasteiger charge is -2.19. The van der Waals surface area contributed by atoms with E-state index in [-0.39, 0.29) is 13.0 Å². The van der Waals surface area contributed by atoms with Crippen molar-refractivity contribution in [3.05, 3.63) is 0 Å². The number of nitrogens with zero attached hydrogens (tertiary/aromatic N) is 1. The Balaban J connectivity index is 3.97. The van der Waals surface area contributed by atoms with Crippen LogP contribution in [-0.2, 0) is 14.3 Å². The van der Waals surface area contributed by atoms with Crippen LogP contribution in [0.25, 0.3) is 0 Å². The van der Waals surface area contributed by atoms with Crippen molar-refractivity contribution in [1.29, 1.82) is 0 Å². The Kier molecular flexibility index (Phi) is 6.69. The average Bonchev–Trinajstić information content (AvgIpc) is 2.25. The SMILES string of the molecule is CCOC(=O)CCN(C)C(=O)N[C@@H](C)C(=O)O. The first-order chi connectivity index (χ1) is 7.88. The van der Waals surface area contributed by atoms with E-state index in [2.05, 4.69) is 5.32 Å². The van der Waals surface area contributed by atoms with Crippen molar-refractivity contribution in [3.8, 4) is 0 Å². The maximum Gasteiger partial charge on any atom is 0.325 e. The van der Waals surface area contributed by atoms with Gasteiger partial charge < -0.3 is 20.1 Å². The fourth-order valence-electron chi connectivity index (χ4n) is 0.951. The quantitative estimate of drug-likeness (QED) is 0.646. The lowest BCUT2D eigenvalue weighted by molar-refractivity contribution is -0.143. The van der Waals surface area contributed by atoms with Crippen molar-refractivity contribution >= 4 is 18.0 Å². The van der Waals surface area contributed by atoms with Crippen LogP contribution in [0.1, 0.15) is 20.3 Å². The van der Waals surface area contributed by atoms with E-state index in [4.69, 9.17) is 9.84 Å². The summed E-state index contributed by atoms with van der Waals surface area (Å²) < 4.78 is 4.70. The molecule has 0 aromatic heterocycles. The molecule has 0 unspecified atom stereocenters. The van der Waals surface area contributed by atoms with E-state index in [0.717, 1.165) is 0 Å². The maximum absolute atomic E-state index is 11.4. The minimum absolute atomic E-state index is 0.0826. The number of carbonyl (C=O) groups is 3. The molecule has 2 amide bonds. The van der Waals surface area contributed by atoms with Gasteiger partial charge in [-0.2, -0.15) is 0 Å². The molecule has 0 aliphatic rings. The zero-order valence-electron chi connectivity index (χ0n) is 10.2. The summed E-state index contributed by atoms with van der Waals surface area (Å²) >= 11 is 0. The zero-order valence-corrected chi connectivity index (χ0v) is 10.2. The maximum atomic E-state index is 11.4. The van der Waals surface area contributed by atoms with Gasteiger partial charge in [-0.1, -0.05) is 0 Å². The summed E-state index contributed by atoms with van der Waals surface area (Å²) in [6.45, 7) is 3.53. The molecule has 98 valence electrons. The zero-order chi connectivity index (χ0) is 13.4. The number of carbonyl (C=O) groups excluding carboxylic acids is 2. The third-order valence-electron chi connectivity index (χ3n) is 2.01. The smallest absolute Gasteiger partial charge is 0.325 e. The summed E-state index contributed by atoms with van der Waals surface area (Å²) in [7, 11) is 1.48. The number of nitrogens with one attached hydrogen (secondary N) is 1. The molecule has 0 fully saturated rings. The third kappa shape index (κ3) is 6.39. The minimum atomic E-state index is -1.11. The van der Waals surface area contributed by atoms with E-state index in [9.17, 15) is 14.4 Å². The highest BCUT2D eigenvalue weighted by atomic mass is 16.5. The lowest BCUT2D eigenvalue weighted by Crippen LogP contribution is -2.45. The second-order valence-electron chi connectivity index (χ2n) is 3.49. The van der Waals surface area contributed by atoms with Gasteiger partial charge in [-0.3, -0.25) is 9.59 Å². The normalized spacial score (nSPS) is 11.5. The first kappa shape index (κ1) is 15.2. The van der Waals surface area contributed by atoms with Gasteiger partial charge in [-0.05, 0) is 13.8 Å². The molecule has 0 aromatic carbocycles. The Morgan fingerprint density at radius 3 is 2.47 bits per heavy atom. The molecule has 7 heteroatoms. The number of urea groups is 1. The van der Waals surface area contributed by atoms with Crippen LogP contribution in [0, 0.1) is 0 Å². The first-order valence-electron chi connectivity index (χ1n) is 5.28. The average molecular weight is 246 g/mol. The van der Waals surface area contributed by atoms with Gasteiger partial charge in [0.2, 0.25) is 0 Å². The molecule has 7 nitrogen and oxygen atoms in total. The fourth-order valence-corrected chi connectivity index (χ4v) is 0.951. The molecular weight excluding hydrogens is 228 g/mol. The molecule has 2 N–H and O–H groups in total. The molecular formula is C10H18N2O5. The summed E-state index contributed by atoms with van der Waals surface area (Å²) in [5, 5.41) is 10.9. The molecule has 0 aromatic rings. The Morgan fingerprint density at radius 2 is 2.00 bits per heavy atom. The predicted octanol–water partition coefficient (Wildman–Crippen LogP) is 0.0541. The van der Waals surface area contributed by atoms with Crippen molar-refractivity contribution in [2.24, 2.45) is 0 Å². The van der Waals surface area contributed by atoms with E-state index < -0.39 is 24.0 Å². The monoisotopic (exact) mass is 246 g/mol. The first-order valence-corrected chi connectivity index (χ1v) is 5.28. The molecule has 0 saturated heterocycles. The Labute approximate surface area is 99.7 Å². The van der Waals surface area contributed by atoms with Gasteiger partial charge in [0.15, 0.2) is 0 Å². The van der Waals surface area contributed by atoms with Crippen molar-refractivity contribution in [2.75, 3.05) is 20.2 Å². The molecule has 0 aliphatic heterocycles. The standard InChI is InChI=1S/C10H18N2O5/c1-4-17-8(13)5-6-12(3)10(16)11-7(2)9(14)15/h7H,4-6H2,1-3H3,(H,11,16)(H,14,15)/t7-/m0/s1. The molecule has 0 rings (SSSR count). The minimum Gasteiger partial charge on any atom is -0.480 e. The molecule has 17 heavy (non-hydrogen) atoms. The Hall–Kier alpha value is -1.79. The largest absolute Gasteiger partial charge is 0.480 e. The number of ether oxygens (including phenoxy) is 1. The van der Waals surface area contributed by atoms with E-state index in [0.29, 0.717) is 6.61 Å². The topological polar surface area (TPSA) is 95.9 Å². The highest BCUT2D eigenvalue weighted by Gasteiger charge is 2.17. The second kappa shape index (κ2) is 7.48. The lowest BCUT2D eigenvalue weighted by atomic mass is 10.3. The van der Waals surface area contributed by atoms with Crippen LogP contribution in [0.3, 0.4) is 0 Å². The van der Waals surface area contributed by atoms with Gasteiger partial charge in [0, 0.05) is 13.6 Å². The van der Waals surface area contributed by atoms with Crippen LogP contribution >= 0.6 is 0 Å². The van der Waals surface area contributed by atoms with Gasteiger partial charge in [-0.15, -0.1) is 0 Å². The van der Waals surface area contributed by atoms with Crippen LogP contribution in [0.2, 0.25) is 0 Å². The summed E-state index contributed by atoms with van der Waals surface area (Å²) in [5.41, 5.74) is 0. The fraction of sp³-hybridized carbons (Fsp3) is 0.700. The van der Waals surface area contributed by atoms with Gasteiger partial charge in [0.05, 0.1) is 13.0 Å². The molecule has 0 aliphatic carbocycles. The van der Waals surface area contributed by atoms with Crippen LogP contribution in [0.4, 0.5) is 4.79 Å². The summed E-state index contributed by atoms with van der Waals surface area (Å²) in [6.07, 6.45) is 0.0826. The number of esters is 1. The Morgan fingerprint density at radius 1 is 1.41 bits per heavy atom. The molecule has 0 bridgehead atoms.